The fourth-order valence-electron chi connectivity index (χ4n) is 5.16. The van der Waals surface area contributed by atoms with Gasteiger partial charge in [-0.25, -0.2) is 0 Å². The van der Waals surface area contributed by atoms with Gasteiger partial charge in [0.2, 0.25) is 5.91 Å². The van der Waals surface area contributed by atoms with Crippen LogP contribution in [0.4, 0.5) is 0 Å². The molecule has 0 atom stereocenters. The van der Waals surface area contributed by atoms with Gasteiger partial charge in [-0.1, -0.05) is 84.4 Å². The summed E-state index contributed by atoms with van der Waals surface area (Å²) in [4.78, 5) is 17.9. The standard InChI is InChI=1S/C29H33ClN2O2.2ClH/c1-31(2)27(33)29(24-9-5-3-6-10-24,25-11-7-4-8-12-25)19-22-32-20-17-28(34,18-21-32)23-13-15-26(30)16-14-23;;/h3-16,34H,17-22H2,1-2H3;2*1H. The van der Waals surface area contributed by atoms with Crippen LogP contribution in [0.5, 0.6) is 0 Å². The van der Waals surface area contributed by atoms with E-state index in [9.17, 15) is 9.90 Å². The maximum atomic E-state index is 13.8. The van der Waals surface area contributed by atoms with Gasteiger partial charge in [-0.2, -0.15) is 0 Å². The predicted molar refractivity (Wildman–Crippen MR) is 152 cm³/mol. The van der Waals surface area contributed by atoms with Gasteiger partial charge in [0, 0.05) is 32.2 Å². The molecule has 194 valence electrons. The number of benzene rings is 3. The normalized spacial score (nSPS) is 15.3. The molecule has 1 N–H and O–H groups in total. The number of carbonyl (C=O) groups excluding carboxylic acids is 1. The van der Waals surface area contributed by atoms with Crippen LogP contribution >= 0.6 is 36.4 Å². The third-order valence-electron chi connectivity index (χ3n) is 7.17. The fourth-order valence-corrected chi connectivity index (χ4v) is 5.28. The minimum Gasteiger partial charge on any atom is -0.385 e. The molecule has 0 aliphatic carbocycles. The number of likely N-dealkylation sites (N-methyl/N-ethyl adjacent to an activating group) is 1. The van der Waals surface area contributed by atoms with E-state index >= 15 is 0 Å². The van der Waals surface area contributed by atoms with Gasteiger partial charge in [0.1, 0.15) is 5.41 Å². The van der Waals surface area contributed by atoms with Crippen molar-refractivity contribution >= 4 is 42.3 Å². The Bertz CT molecular complexity index is 1050. The molecule has 1 fully saturated rings. The number of amides is 1. The summed E-state index contributed by atoms with van der Waals surface area (Å²) < 4.78 is 0. The molecular weight excluding hydrogens is 515 g/mol. The minimum absolute atomic E-state index is 0. The molecule has 3 aromatic rings. The first kappa shape index (κ1) is 30.1. The Labute approximate surface area is 232 Å². The summed E-state index contributed by atoms with van der Waals surface area (Å²) in [5.74, 6) is 0.0829. The van der Waals surface area contributed by atoms with Crippen LogP contribution in [0.1, 0.15) is 36.0 Å². The van der Waals surface area contributed by atoms with Gasteiger partial charge in [-0.15, -0.1) is 24.8 Å². The smallest absolute Gasteiger partial charge is 0.237 e. The third-order valence-corrected chi connectivity index (χ3v) is 7.42. The summed E-state index contributed by atoms with van der Waals surface area (Å²) in [7, 11) is 3.66. The molecule has 4 rings (SSSR count). The van der Waals surface area contributed by atoms with E-state index in [2.05, 4.69) is 29.2 Å². The number of aliphatic hydroxyl groups is 1. The number of hydrogen-bond acceptors (Lipinski definition) is 3. The van der Waals surface area contributed by atoms with E-state index in [1.54, 1.807) is 4.90 Å². The topological polar surface area (TPSA) is 43.8 Å². The Morgan fingerprint density at radius 2 is 1.36 bits per heavy atom. The van der Waals surface area contributed by atoms with Gasteiger partial charge in [-0.3, -0.25) is 4.79 Å². The van der Waals surface area contributed by atoms with Crippen LogP contribution in [0.25, 0.3) is 0 Å². The van der Waals surface area contributed by atoms with Crippen molar-refractivity contribution in [3.63, 3.8) is 0 Å². The van der Waals surface area contributed by atoms with E-state index in [4.69, 9.17) is 11.6 Å². The molecule has 0 aromatic heterocycles. The third kappa shape index (κ3) is 6.24. The molecule has 0 spiro atoms. The average molecular weight is 550 g/mol. The molecule has 7 heteroatoms. The van der Waals surface area contributed by atoms with Crippen molar-refractivity contribution in [2.24, 2.45) is 0 Å². The first-order chi connectivity index (χ1) is 16.3. The van der Waals surface area contributed by atoms with Crippen LogP contribution in [0.2, 0.25) is 5.02 Å². The van der Waals surface area contributed by atoms with Crippen molar-refractivity contribution < 1.29 is 9.90 Å². The second kappa shape index (κ2) is 12.9. The van der Waals surface area contributed by atoms with Crippen LogP contribution in [0.15, 0.2) is 84.9 Å². The molecule has 0 unspecified atom stereocenters. The molecule has 3 aromatic carbocycles. The maximum Gasteiger partial charge on any atom is 0.237 e. The van der Waals surface area contributed by atoms with Crippen molar-refractivity contribution in [3.05, 3.63) is 107 Å². The number of carbonyl (C=O) groups is 1. The number of rotatable bonds is 7. The first-order valence-corrected chi connectivity index (χ1v) is 12.3. The molecule has 1 aliphatic heterocycles. The number of hydrogen-bond donors (Lipinski definition) is 1. The van der Waals surface area contributed by atoms with E-state index in [1.807, 2.05) is 74.8 Å². The largest absolute Gasteiger partial charge is 0.385 e. The molecule has 1 amide bonds. The zero-order valence-electron chi connectivity index (χ0n) is 20.8. The van der Waals surface area contributed by atoms with Gasteiger partial charge in [0.25, 0.3) is 0 Å². The lowest BCUT2D eigenvalue weighted by Gasteiger charge is -2.41. The van der Waals surface area contributed by atoms with E-state index < -0.39 is 11.0 Å². The molecule has 1 heterocycles. The molecule has 1 saturated heterocycles. The number of likely N-dealkylation sites (tertiary alicyclic amines) is 1. The van der Waals surface area contributed by atoms with Crippen molar-refractivity contribution in [2.75, 3.05) is 33.7 Å². The number of halogens is 3. The van der Waals surface area contributed by atoms with Gasteiger partial charge in [-0.05, 0) is 54.6 Å². The second-order valence-electron chi connectivity index (χ2n) is 9.47. The highest BCUT2D eigenvalue weighted by Gasteiger charge is 2.43. The molecular formula is C29H35Cl3N2O2. The van der Waals surface area contributed by atoms with Crippen molar-refractivity contribution in [1.82, 2.24) is 9.80 Å². The highest BCUT2D eigenvalue weighted by Crippen LogP contribution is 2.39. The van der Waals surface area contributed by atoms with Gasteiger partial charge >= 0.3 is 0 Å². The zero-order chi connectivity index (χ0) is 24.2. The van der Waals surface area contributed by atoms with Crippen LogP contribution in [0, 0.1) is 0 Å². The summed E-state index contributed by atoms with van der Waals surface area (Å²) in [6, 6.07) is 27.7. The zero-order valence-corrected chi connectivity index (χ0v) is 23.2. The summed E-state index contributed by atoms with van der Waals surface area (Å²) in [5, 5.41) is 11.9. The molecule has 0 radical (unpaired) electrons. The average Bonchev–Trinajstić information content (AvgIpc) is 2.87. The molecule has 0 bridgehead atoms. The van der Waals surface area contributed by atoms with Crippen LogP contribution < -0.4 is 0 Å². The molecule has 36 heavy (non-hydrogen) atoms. The minimum atomic E-state index is -0.837. The number of nitrogens with zero attached hydrogens (tertiary/aromatic N) is 2. The highest BCUT2D eigenvalue weighted by atomic mass is 35.5. The monoisotopic (exact) mass is 548 g/mol. The molecule has 1 aliphatic rings. The molecule has 0 saturated carbocycles. The van der Waals surface area contributed by atoms with Crippen molar-refractivity contribution in [3.8, 4) is 0 Å². The SMILES string of the molecule is CN(C)C(=O)C(CCN1CCC(O)(c2ccc(Cl)cc2)CC1)(c1ccccc1)c1ccccc1.Cl.Cl. The summed E-state index contributed by atoms with van der Waals surface area (Å²) >= 11 is 6.03. The van der Waals surface area contributed by atoms with E-state index in [0.29, 0.717) is 24.3 Å². The highest BCUT2D eigenvalue weighted by molar-refractivity contribution is 6.30. The van der Waals surface area contributed by atoms with Crippen LogP contribution in [-0.4, -0.2) is 54.5 Å². The lowest BCUT2D eigenvalue weighted by atomic mass is 9.70. The summed E-state index contributed by atoms with van der Waals surface area (Å²) in [6.45, 7) is 2.31. The number of piperidine rings is 1. The van der Waals surface area contributed by atoms with E-state index in [1.165, 1.54) is 0 Å². The predicted octanol–water partition coefficient (Wildman–Crippen LogP) is 5.93. The van der Waals surface area contributed by atoms with Crippen LogP contribution in [0.3, 0.4) is 0 Å². The Hall–Kier alpha value is -2.08. The van der Waals surface area contributed by atoms with Crippen molar-refractivity contribution in [2.45, 2.75) is 30.3 Å². The van der Waals surface area contributed by atoms with Gasteiger partial charge in [0.05, 0.1) is 5.60 Å². The lowest BCUT2D eigenvalue weighted by molar-refractivity contribution is -0.133. The lowest BCUT2D eigenvalue weighted by Crippen LogP contribution is -2.48. The Kier molecular flexibility index (Phi) is 10.8. The Morgan fingerprint density at radius 1 is 0.889 bits per heavy atom. The Morgan fingerprint density at radius 3 is 1.81 bits per heavy atom. The van der Waals surface area contributed by atoms with Gasteiger partial charge < -0.3 is 14.9 Å². The van der Waals surface area contributed by atoms with Crippen LogP contribution in [-0.2, 0) is 15.8 Å². The van der Waals surface area contributed by atoms with E-state index in [-0.39, 0.29) is 30.7 Å². The molecule has 4 nitrogen and oxygen atoms in total. The second-order valence-corrected chi connectivity index (χ2v) is 9.90. The fraction of sp³-hybridized carbons (Fsp3) is 0.345. The Balaban J connectivity index is 0.00000228. The summed E-state index contributed by atoms with van der Waals surface area (Å²) in [5.41, 5.74) is 1.33. The first-order valence-electron chi connectivity index (χ1n) is 11.9. The quantitative estimate of drug-likeness (QED) is 0.397. The maximum absolute atomic E-state index is 13.8. The van der Waals surface area contributed by atoms with E-state index in [0.717, 1.165) is 36.3 Å². The van der Waals surface area contributed by atoms with Gasteiger partial charge in [0.15, 0.2) is 0 Å². The summed E-state index contributed by atoms with van der Waals surface area (Å²) in [6.07, 6.45) is 1.97. The van der Waals surface area contributed by atoms with Crippen molar-refractivity contribution in [1.29, 1.82) is 0 Å².